The molecule has 0 saturated heterocycles. The van der Waals surface area contributed by atoms with Gasteiger partial charge in [-0.3, -0.25) is 4.79 Å². The van der Waals surface area contributed by atoms with E-state index in [1.54, 1.807) is 30.7 Å². The fraction of sp³-hybridized carbons (Fsp3) is 0.211. The third kappa shape index (κ3) is 5.24. The van der Waals surface area contributed by atoms with E-state index in [1.165, 1.54) is 11.8 Å². The average Bonchev–Trinajstić information content (AvgIpc) is 3.11. The Morgan fingerprint density at radius 2 is 2.21 bits per heavy atom. The summed E-state index contributed by atoms with van der Waals surface area (Å²) in [5, 5.41) is 4.02. The van der Waals surface area contributed by atoms with Gasteiger partial charge >= 0.3 is 0 Å². The molecule has 3 rings (SSSR count). The number of carbonyl (C=O) groups excluding carboxylic acids is 1. The van der Waals surface area contributed by atoms with Crippen LogP contribution in [0.1, 0.15) is 12.5 Å². The van der Waals surface area contributed by atoms with Crippen LogP contribution in [0.3, 0.4) is 0 Å². The molecule has 1 N–H and O–H groups in total. The van der Waals surface area contributed by atoms with Gasteiger partial charge in [-0.05, 0) is 52.7 Å². The molecule has 0 bridgehead atoms. The largest absolute Gasteiger partial charge is 0.493 e. The number of halogens is 1. The molecule has 0 saturated carbocycles. The lowest BCUT2D eigenvalue weighted by atomic mass is 10.2. The minimum Gasteiger partial charge on any atom is -0.493 e. The van der Waals surface area contributed by atoms with Crippen molar-refractivity contribution in [1.29, 1.82) is 0 Å². The second-order valence-electron chi connectivity index (χ2n) is 5.50. The van der Waals surface area contributed by atoms with E-state index >= 15 is 0 Å². The van der Waals surface area contributed by atoms with Crippen LogP contribution in [-0.4, -0.2) is 36.6 Å². The molecule has 0 unspecified atom stereocenters. The molecule has 3 aromatic rings. The van der Waals surface area contributed by atoms with Gasteiger partial charge in [0, 0.05) is 0 Å². The summed E-state index contributed by atoms with van der Waals surface area (Å²) in [7, 11) is 1.58. The van der Waals surface area contributed by atoms with Crippen LogP contribution in [0, 0.1) is 0 Å². The Hall–Kier alpha value is -2.10. The maximum atomic E-state index is 12.0. The number of rotatable bonds is 8. The number of nitrogens with zero attached hydrogens (tertiary/aromatic N) is 2. The van der Waals surface area contributed by atoms with Gasteiger partial charge in [-0.1, -0.05) is 23.9 Å². The highest BCUT2D eigenvalue weighted by molar-refractivity contribution is 9.10. The number of hydrazone groups is 1. The fourth-order valence-electron chi connectivity index (χ4n) is 2.35. The zero-order chi connectivity index (χ0) is 19.9. The van der Waals surface area contributed by atoms with Crippen LogP contribution in [0.15, 0.2) is 50.3 Å². The average molecular weight is 480 g/mol. The summed E-state index contributed by atoms with van der Waals surface area (Å²) in [6.45, 7) is 2.44. The molecule has 0 fully saturated rings. The number of methoxy groups -OCH3 is 1. The third-order valence-corrected chi connectivity index (χ3v) is 6.31. The first-order chi connectivity index (χ1) is 13.6. The minimum absolute atomic E-state index is 0.197. The molecule has 0 spiro atoms. The molecule has 1 amide bonds. The summed E-state index contributed by atoms with van der Waals surface area (Å²) in [6, 6.07) is 11.5. The number of aromatic nitrogens is 1. The van der Waals surface area contributed by atoms with Gasteiger partial charge < -0.3 is 9.47 Å². The van der Waals surface area contributed by atoms with Gasteiger partial charge in [0.15, 0.2) is 15.8 Å². The van der Waals surface area contributed by atoms with Crippen molar-refractivity contribution in [2.45, 2.75) is 11.3 Å². The van der Waals surface area contributed by atoms with Gasteiger partial charge in [0.25, 0.3) is 5.91 Å². The molecule has 28 heavy (non-hydrogen) atoms. The first-order valence-corrected chi connectivity index (χ1v) is 11.0. The molecular weight excluding hydrogens is 462 g/mol. The standard InChI is InChI=1S/C19H18BrN3O3S2/c1-3-26-18-13(20)8-12(9-15(18)25-2)10-21-23-17(24)11-27-19-22-14-6-4-5-7-16(14)28-19/h4-10H,3,11H2,1-2H3,(H,23,24)/b21-10-. The molecule has 0 aliphatic rings. The monoisotopic (exact) mass is 479 g/mol. The number of thioether (sulfide) groups is 1. The Morgan fingerprint density at radius 1 is 1.39 bits per heavy atom. The van der Waals surface area contributed by atoms with Gasteiger partial charge in [-0.25, -0.2) is 10.4 Å². The highest BCUT2D eigenvalue weighted by atomic mass is 79.9. The van der Waals surface area contributed by atoms with E-state index in [-0.39, 0.29) is 11.7 Å². The van der Waals surface area contributed by atoms with Crippen LogP contribution in [-0.2, 0) is 4.79 Å². The van der Waals surface area contributed by atoms with Gasteiger partial charge in [0.05, 0.1) is 40.4 Å². The Bertz CT molecular complexity index is 974. The number of hydrogen-bond acceptors (Lipinski definition) is 7. The SMILES string of the molecule is CCOc1c(Br)cc(/C=N\NC(=O)CSc2nc3ccccc3s2)cc1OC. The summed E-state index contributed by atoms with van der Waals surface area (Å²) < 4.78 is 13.6. The highest BCUT2D eigenvalue weighted by Gasteiger charge is 2.11. The molecule has 0 radical (unpaired) electrons. The van der Waals surface area contributed by atoms with Crippen LogP contribution in [0.25, 0.3) is 10.2 Å². The topological polar surface area (TPSA) is 72.8 Å². The van der Waals surface area contributed by atoms with E-state index in [0.717, 1.165) is 24.6 Å². The number of para-hydroxylation sites is 1. The van der Waals surface area contributed by atoms with E-state index in [9.17, 15) is 4.79 Å². The van der Waals surface area contributed by atoms with Crippen LogP contribution < -0.4 is 14.9 Å². The van der Waals surface area contributed by atoms with Crippen molar-refractivity contribution in [1.82, 2.24) is 10.4 Å². The molecule has 9 heteroatoms. The second kappa shape index (κ2) is 9.90. The summed E-state index contributed by atoms with van der Waals surface area (Å²) in [4.78, 5) is 16.5. The molecule has 1 aromatic heterocycles. The van der Waals surface area contributed by atoms with Crippen LogP contribution in [0.2, 0.25) is 0 Å². The zero-order valence-electron chi connectivity index (χ0n) is 15.3. The number of ether oxygens (including phenoxy) is 2. The number of hydrogen-bond donors (Lipinski definition) is 1. The van der Waals surface area contributed by atoms with Crippen molar-refractivity contribution in [2.24, 2.45) is 5.10 Å². The number of benzene rings is 2. The van der Waals surface area contributed by atoms with Gasteiger partial charge in [0.2, 0.25) is 0 Å². The van der Waals surface area contributed by atoms with Crippen molar-refractivity contribution in [2.75, 3.05) is 19.5 Å². The zero-order valence-corrected chi connectivity index (χ0v) is 18.5. The molecular formula is C19H18BrN3O3S2. The van der Waals surface area contributed by atoms with E-state index in [4.69, 9.17) is 9.47 Å². The predicted molar refractivity (Wildman–Crippen MR) is 118 cm³/mol. The number of nitrogens with one attached hydrogen (secondary N) is 1. The van der Waals surface area contributed by atoms with E-state index in [0.29, 0.717) is 18.1 Å². The Morgan fingerprint density at radius 3 is 2.96 bits per heavy atom. The molecule has 146 valence electrons. The van der Waals surface area contributed by atoms with Crippen LogP contribution in [0.4, 0.5) is 0 Å². The summed E-state index contributed by atoms with van der Waals surface area (Å²) >= 11 is 6.43. The second-order valence-corrected chi connectivity index (χ2v) is 8.60. The number of fused-ring (bicyclic) bond motifs is 1. The van der Waals surface area contributed by atoms with Gasteiger partial charge in [0.1, 0.15) is 0 Å². The molecule has 0 aliphatic heterocycles. The lowest BCUT2D eigenvalue weighted by molar-refractivity contribution is -0.118. The molecule has 0 aliphatic carbocycles. The van der Waals surface area contributed by atoms with Gasteiger partial charge in [-0.15, -0.1) is 11.3 Å². The normalized spacial score (nSPS) is 11.1. The fourth-order valence-corrected chi connectivity index (χ4v) is 4.78. The molecule has 2 aromatic carbocycles. The predicted octanol–water partition coefficient (Wildman–Crippen LogP) is 4.71. The molecule has 6 nitrogen and oxygen atoms in total. The number of amides is 1. The quantitative estimate of drug-likeness (QED) is 0.287. The van der Waals surface area contributed by atoms with Crippen molar-refractivity contribution in [3.63, 3.8) is 0 Å². The Labute approximate surface area is 179 Å². The lowest BCUT2D eigenvalue weighted by Crippen LogP contribution is -2.19. The Kier molecular flexibility index (Phi) is 7.30. The first kappa shape index (κ1) is 20.6. The van der Waals surface area contributed by atoms with E-state index < -0.39 is 0 Å². The summed E-state index contributed by atoms with van der Waals surface area (Å²) in [5.74, 6) is 1.28. The third-order valence-electron chi connectivity index (χ3n) is 3.54. The number of carbonyl (C=O) groups is 1. The lowest BCUT2D eigenvalue weighted by Gasteiger charge is -2.11. The summed E-state index contributed by atoms with van der Waals surface area (Å²) in [5.41, 5.74) is 4.25. The van der Waals surface area contributed by atoms with Crippen molar-refractivity contribution < 1.29 is 14.3 Å². The Balaban J connectivity index is 1.56. The highest BCUT2D eigenvalue weighted by Crippen LogP contribution is 2.36. The van der Waals surface area contributed by atoms with Crippen molar-refractivity contribution in [3.05, 3.63) is 46.4 Å². The molecule has 0 atom stereocenters. The maximum Gasteiger partial charge on any atom is 0.250 e. The van der Waals surface area contributed by atoms with E-state index in [1.807, 2.05) is 37.3 Å². The van der Waals surface area contributed by atoms with Gasteiger partial charge in [-0.2, -0.15) is 5.10 Å². The minimum atomic E-state index is -0.197. The maximum absolute atomic E-state index is 12.0. The summed E-state index contributed by atoms with van der Waals surface area (Å²) in [6.07, 6.45) is 1.56. The smallest absolute Gasteiger partial charge is 0.250 e. The van der Waals surface area contributed by atoms with Crippen LogP contribution in [0.5, 0.6) is 11.5 Å². The van der Waals surface area contributed by atoms with E-state index in [2.05, 4.69) is 31.4 Å². The van der Waals surface area contributed by atoms with Crippen molar-refractivity contribution >= 4 is 61.4 Å². The number of thiazole rings is 1. The van der Waals surface area contributed by atoms with Crippen molar-refractivity contribution in [3.8, 4) is 11.5 Å². The van der Waals surface area contributed by atoms with Crippen LogP contribution >= 0.6 is 39.0 Å². The molecule has 1 heterocycles. The first-order valence-electron chi connectivity index (χ1n) is 8.41.